The second-order valence-electron chi connectivity index (χ2n) is 4.97. The van der Waals surface area contributed by atoms with Crippen LogP contribution in [0.1, 0.15) is 39.1 Å². The maximum atomic E-state index is 6.38. The van der Waals surface area contributed by atoms with E-state index < -0.39 is 0 Å². The summed E-state index contributed by atoms with van der Waals surface area (Å²) in [5.74, 6) is 1.20. The molecular weight excluding hydrogens is 300 g/mol. The molecule has 0 bridgehead atoms. The Morgan fingerprint density at radius 3 is 2.29 bits per heavy atom. The van der Waals surface area contributed by atoms with Crippen LogP contribution in [0.25, 0.3) is 0 Å². The monoisotopic (exact) mass is 320 g/mol. The largest absolute Gasteiger partial charge is 0.271 e. The van der Waals surface area contributed by atoms with Gasteiger partial charge in [-0.05, 0) is 24.7 Å². The lowest BCUT2D eigenvalue weighted by Gasteiger charge is -2.23. The van der Waals surface area contributed by atoms with Crippen molar-refractivity contribution in [2.75, 3.05) is 0 Å². The van der Waals surface area contributed by atoms with E-state index in [0.29, 0.717) is 16.7 Å². The Kier molecular flexibility index (Phi) is 5.52. The Labute approximate surface area is 118 Å². The number of nitrogens with zero attached hydrogens (tertiary/aromatic N) is 2. The molecule has 4 heteroatoms. The first kappa shape index (κ1) is 15.0. The van der Waals surface area contributed by atoms with Crippen molar-refractivity contribution in [1.29, 1.82) is 0 Å². The molecule has 1 heterocycles. The topological polar surface area (TPSA) is 17.8 Å². The highest BCUT2D eigenvalue weighted by Crippen LogP contribution is 2.29. The van der Waals surface area contributed by atoms with E-state index in [9.17, 15) is 0 Å². The van der Waals surface area contributed by atoms with Crippen LogP contribution in [-0.2, 0) is 19.9 Å². The van der Waals surface area contributed by atoms with Gasteiger partial charge in [0.15, 0.2) is 0 Å². The molecule has 0 aromatic carbocycles. The van der Waals surface area contributed by atoms with Crippen LogP contribution in [0.3, 0.4) is 0 Å². The lowest BCUT2D eigenvalue weighted by molar-refractivity contribution is 0.375. The van der Waals surface area contributed by atoms with E-state index in [1.54, 1.807) is 0 Å². The lowest BCUT2D eigenvalue weighted by atomic mass is 9.88. The zero-order chi connectivity index (χ0) is 13.2. The summed E-state index contributed by atoms with van der Waals surface area (Å²) in [7, 11) is 1.98. The second-order valence-corrected chi connectivity index (χ2v) is 6.80. The van der Waals surface area contributed by atoms with Gasteiger partial charge in [0, 0.05) is 11.9 Å². The van der Waals surface area contributed by atoms with E-state index in [4.69, 9.17) is 11.6 Å². The molecule has 0 amide bonds. The minimum Gasteiger partial charge on any atom is -0.271 e. The average Bonchev–Trinajstić information content (AvgIpc) is 2.50. The third-order valence-electron chi connectivity index (χ3n) is 3.38. The van der Waals surface area contributed by atoms with Gasteiger partial charge < -0.3 is 0 Å². The van der Waals surface area contributed by atoms with Crippen LogP contribution >= 0.6 is 27.5 Å². The van der Waals surface area contributed by atoms with E-state index in [1.807, 2.05) is 11.7 Å². The Hall–Kier alpha value is -0.0200. The van der Waals surface area contributed by atoms with Crippen molar-refractivity contribution < 1.29 is 0 Å². The zero-order valence-corrected chi connectivity index (χ0v) is 13.6. The SMILES string of the molecule is CCc1nn(C)c(CC(C(C)C)C(C)Br)c1Cl. The highest BCUT2D eigenvalue weighted by Gasteiger charge is 2.23. The molecule has 0 saturated heterocycles. The molecule has 0 fully saturated rings. The first-order valence-electron chi connectivity index (χ1n) is 6.22. The Morgan fingerprint density at radius 1 is 1.35 bits per heavy atom. The standard InChI is InChI=1S/C13H22BrClN2/c1-6-11-13(15)12(17(5)16-11)7-10(8(2)3)9(4)14/h8-10H,6-7H2,1-5H3. The van der Waals surface area contributed by atoms with Gasteiger partial charge in [-0.3, -0.25) is 4.68 Å². The molecular formula is C13H22BrClN2. The quantitative estimate of drug-likeness (QED) is 0.742. The average molecular weight is 322 g/mol. The number of aryl methyl sites for hydroxylation is 2. The summed E-state index contributed by atoms with van der Waals surface area (Å²) in [4.78, 5) is 0.485. The Bertz CT molecular complexity index is 364. The minimum absolute atomic E-state index is 0.485. The molecule has 1 rings (SSSR count). The molecule has 0 N–H and O–H groups in total. The highest BCUT2D eigenvalue weighted by atomic mass is 79.9. The van der Waals surface area contributed by atoms with E-state index in [1.165, 1.54) is 0 Å². The highest BCUT2D eigenvalue weighted by molar-refractivity contribution is 9.09. The fourth-order valence-corrected chi connectivity index (χ4v) is 3.36. The molecule has 0 aliphatic rings. The Morgan fingerprint density at radius 2 is 1.94 bits per heavy atom. The normalized spacial score (nSPS) is 15.3. The maximum absolute atomic E-state index is 6.38. The number of hydrogen-bond donors (Lipinski definition) is 0. The van der Waals surface area contributed by atoms with Gasteiger partial charge in [-0.1, -0.05) is 55.2 Å². The number of alkyl halides is 1. The van der Waals surface area contributed by atoms with E-state index >= 15 is 0 Å². The first-order valence-corrected chi connectivity index (χ1v) is 7.52. The van der Waals surface area contributed by atoms with Crippen molar-refractivity contribution in [1.82, 2.24) is 9.78 Å². The molecule has 17 heavy (non-hydrogen) atoms. The van der Waals surface area contributed by atoms with Crippen molar-refractivity contribution in [3.63, 3.8) is 0 Å². The molecule has 0 spiro atoms. The molecule has 0 aliphatic heterocycles. The van der Waals surface area contributed by atoms with Gasteiger partial charge in [0.2, 0.25) is 0 Å². The molecule has 0 saturated carbocycles. The Balaban J connectivity index is 2.97. The van der Waals surface area contributed by atoms with Crippen molar-refractivity contribution in [2.45, 2.75) is 45.4 Å². The molecule has 1 aromatic heterocycles. The molecule has 98 valence electrons. The van der Waals surface area contributed by atoms with Gasteiger partial charge in [-0.15, -0.1) is 0 Å². The van der Waals surface area contributed by atoms with E-state index in [0.717, 1.165) is 29.3 Å². The van der Waals surface area contributed by atoms with Crippen LogP contribution in [0.5, 0.6) is 0 Å². The zero-order valence-electron chi connectivity index (χ0n) is 11.3. The van der Waals surface area contributed by atoms with Crippen LogP contribution in [0.2, 0.25) is 5.02 Å². The van der Waals surface area contributed by atoms with Gasteiger partial charge in [-0.25, -0.2) is 0 Å². The van der Waals surface area contributed by atoms with Gasteiger partial charge in [0.1, 0.15) is 0 Å². The van der Waals surface area contributed by atoms with Crippen LogP contribution in [0.4, 0.5) is 0 Å². The molecule has 0 aliphatic carbocycles. The van der Waals surface area contributed by atoms with E-state index in [2.05, 4.69) is 48.7 Å². The second kappa shape index (κ2) is 6.24. The summed E-state index contributed by atoms with van der Waals surface area (Å²) >= 11 is 10.1. The van der Waals surface area contributed by atoms with Gasteiger partial charge in [-0.2, -0.15) is 5.10 Å². The molecule has 2 atom stereocenters. The maximum Gasteiger partial charge on any atom is 0.0849 e. The van der Waals surface area contributed by atoms with Crippen LogP contribution < -0.4 is 0 Å². The van der Waals surface area contributed by atoms with E-state index in [-0.39, 0.29) is 0 Å². The van der Waals surface area contributed by atoms with Crippen molar-refractivity contribution >= 4 is 27.5 Å². The molecule has 1 aromatic rings. The number of rotatable bonds is 5. The predicted octanol–water partition coefficient (Wildman–Crippen LogP) is 4.23. The molecule has 0 radical (unpaired) electrons. The molecule has 2 unspecified atom stereocenters. The summed E-state index contributed by atoms with van der Waals surface area (Å²) in [5, 5.41) is 5.33. The van der Waals surface area contributed by atoms with Crippen LogP contribution in [-0.4, -0.2) is 14.6 Å². The number of halogens is 2. The van der Waals surface area contributed by atoms with Gasteiger partial charge >= 0.3 is 0 Å². The van der Waals surface area contributed by atoms with Crippen molar-refractivity contribution in [2.24, 2.45) is 18.9 Å². The fourth-order valence-electron chi connectivity index (χ4n) is 2.19. The fraction of sp³-hybridized carbons (Fsp3) is 0.769. The van der Waals surface area contributed by atoms with Crippen LogP contribution in [0, 0.1) is 11.8 Å². The lowest BCUT2D eigenvalue weighted by Crippen LogP contribution is -2.21. The van der Waals surface area contributed by atoms with Gasteiger partial charge in [0.05, 0.1) is 16.4 Å². The van der Waals surface area contributed by atoms with Crippen molar-refractivity contribution in [3.05, 3.63) is 16.4 Å². The third kappa shape index (κ3) is 3.47. The summed E-state index contributed by atoms with van der Waals surface area (Å²) in [6.45, 7) is 8.81. The predicted molar refractivity (Wildman–Crippen MR) is 78.0 cm³/mol. The van der Waals surface area contributed by atoms with Crippen LogP contribution in [0.15, 0.2) is 0 Å². The summed E-state index contributed by atoms with van der Waals surface area (Å²) in [6, 6.07) is 0. The minimum atomic E-state index is 0.485. The first-order chi connectivity index (χ1) is 7.88. The summed E-state index contributed by atoms with van der Waals surface area (Å²) < 4.78 is 1.94. The summed E-state index contributed by atoms with van der Waals surface area (Å²) in [5.41, 5.74) is 2.17. The van der Waals surface area contributed by atoms with Crippen molar-refractivity contribution in [3.8, 4) is 0 Å². The number of hydrogen-bond acceptors (Lipinski definition) is 1. The summed E-state index contributed by atoms with van der Waals surface area (Å²) in [6.07, 6.45) is 1.87. The smallest absolute Gasteiger partial charge is 0.0849 e. The number of aromatic nitrogens is 2. The van der Waals surface area contributed by atoms with Gasteiger partial charge in [0.25, 0.3) is 0 Å². The molecule has 2 nitrogen and oxygen atoms in total. The third-order valence-corrected chi connectivity index (χ3v) is 4.49.